The van der Waals surface area contributed by atoms with Crippen LogP contribution in [0.3, 0.4) is 0 Å². The monoisotopic (exact) mass is 408 g/mol. The molecule has 0 saturated heterocycles. The summed E-state index contributed by atoms with van der Waals surface area (Å²) >= 11 is 0. The van der Waals surface area contributed by atoms with Gasteiger partial charge in [-0.15, -0.1) is 0 Å². The predicted octanol–water partition coefficient (Wildman–Crippen LogP) is 4.47. The summed E-state index contributed by atoms with van der Waals surface area (Å²) in [4.78, 5) is 9.77. The molecule has 0 bridgehead atoms. The Hall–Kier alpha value is -3.77. The minimum atomic E-state index is 0.606. The molecular formula is C25H24N6. The van der Waals surface area contributed by atoms with Crippen LogP contribution in [0, 0.1) is 6.92 Å². The van der Waals surface area contributed by atoms with Gasteiger partial charge in [-0.05, 0) is 24.6 Å². The lowest BCUT2D eigenvalue weighted by Crippen LogP contribution is -2.15. The molecule has 2 aromatic heterocycles. The lowest BCUT2D eigenvalue weighted by Gasteiger charge is -2.02. The number of nitrogens with zero attached hydrogens (tertiary/aromatic N) is 4. The van der Waals surface area contributed by atoms with Gasteiger partial charge in [0.2, 0.25) is 0 Å². The number of nitrogens with one attached hydrogen (secondary N) is 2. The van der Waals surface area contributed by atoms with E-state index >= 15 is 0 Å². The van der Waals surface area contributed by atoms with Crippen LogP contribution in [-0.4, -0.2) is 25.0 Å². The van der Waals surface area contributed by atoms with E-state index in [1.54, 1.807) is 4.80 Å². The van der Waals surface area contributed by atoms with Gasteiger partial charge in [0.25, 0.3) is 0 Å². The Balaban J connectivity index is 1.35. The summed E-state index contributed by atoms with van der Waals surface area (Å²) < 4.78 is 0. The van der Waals surface area contributed by atoms with Crippen molar-refractivity contribution in [2.45, 2.75) is 26.6 Å². The van der Waals surface area contributed by atoms with E-state index in [1.165, 1.54) is 11.1 Å². The zero-order valence-electron chi connectivity index (χ0n) is 17.4. The molecule has 0 amide bonds. The number of hydrogen-bond donors (Lipinski definition) is 2. The topological polar surface area (TPSA) is 71.4 Å². The van der Waals surface area contributed by atoms with Crippen LogP contribution in [0.15, 0.2) is 78.9 Å². The second-order valence-corrected chi connectivity index (χ2v) is 7.68. The highest BCUT2D eigenvalue weighted by atomic mass is 15.5. The molecule has 6 heteroatoms. The molecule has 0 atom stereocenters. The van der Waals surface area contributed by atoms with E-state index in [0.717, 1.165) is 33.8 Å². The summed E-state index contributed by atoms with van der Waals surface area (Å²) in [6.45, 7) is 3.97. The number of imidazole rings is 1. The third-order valence-electron chi connectivity index (χ3n) is 5.24. The van der Waals surface area contributed by atoms with Gasteiger partial charge in [0.1, 0.15) is 17.2 Å². The standard InChI is InChI=1S/C25H24N6/c1-18-11-13-19(14-12-18)17-31-29-23(25(30-31)20-7-3-2-4-8-20)15-26-16-24-27-21-9-5-6-10-22(21)28-24/h2-14,26H,15-17H2,1H3,(H,27,28). The number of aryl methyl sites for hydroxylation is 1. The summed E-state index contributed by atoms with van der Waals surface area (Å²) in [6.07, 6.45) is 0. The Bertz CT molecular complexity index is 1250. The van der Waals surface area contributed by atoms with E-state index in [2.05, 4.69) is 58.6 Å². The molecule has 3 aromatic carbocycles. The third kappa shape index (κ3) is 4.39. The highest BCUT2D eigenvalue weighted by molar-refractivity contribution is 5.74. The van der Waals surface area contributed by atoms with E-state index in [0.29, 0.717) is 19.6 Å². The van der Waals surface area contributed by atoms with E-state index < -0.39 is 0 Å². The smallest absolute Gasteiger partial charge is 0.121 e. The number of H-pyrrole nitrogens is 1. The number of benzene rings is 3. The van der Waals surface area contributed by atoms with Gasteiger partial charge in [0, 0.05) is 12.1 Å². The molecule has 0 radical (unpaired) electrons. The number of aromatic amines is 1. The molecule has 31 heavy (non-hydrogen) atoms. The maximum absolute atomic E-state index is 4.80. The van der Waals surface area contributed by atoms with Crippen molar-refractivity contribution in [2.75, 3.05) is 0 Å². The SMILES string of the molecule is Cc1ccc(Cn2nc(CNCc3nc4ccccc4[nH]3)c(-c3ccccc3)n2)cc1. The first-order valence-corrected chi connectivity index (χ1v) is 10.4. The molecule has 0 aliphatic carbocycles. The Labute approximate surface area is 181 Å². The normalized spacial score (nSPS) is 11.3. The summed E-state index contributed by atoms with van der Waals surface area (Å²) in [7, 11) is 0. The average molecular weight is 409 g/mol. The predicted molar refractivity (Wildman–Crippen MR) is 122 cm³/mol. The van der Waals surface area contributed by atoms with Gasteiger partial charge in [0.15, 0.2) is 0 Å². The number of para-hydroxylation sites is 2. The van der Waals surface area contributed by atoms with Gasteiger partial charge >= 0.3 is 0 Å². The lowest BCUT2D eigenvalue weighted by molar-refractivity contribution is 0.575. The van der Waals surface area contributed by atoms with Crippen LogP contribution in [0.25, 0.3) is 22.3 Å². The molecule has 6 nitrogen and oxygen atoms in total. The number of fused-ring (bicyclic) bond motifs is 1. The second kappa shape index (κ2) is 8.53. The Morgan fingerprint density at radius 2 is 1.61 bits per heavy atom. The summed E-state index contributed by atoms with van der Waals surface area (Å²) in [5.41, 5.74) is 7.36. The molecule has 0 saturated carbocycles. The van der Waals surface area contributed by atoms with Crippen molar-refractivity contribution in [1.29, 1.82) is 0 Å². The van der Waals surface area contributed by atoms with Crippen molar-refractivity contribution >= 4 is 11.0 Å². The van der Waals surface area contributed by atoms with Crippen molar-refractivity contribution < 1.29 is 0 Å². The van der Waals surface area contributed by atoms with Crippen molar-refractivity contribution in [3.8, 4) is 11.3 Å². The van der Waals surface area contributed by atoms with Gasteiger partial charge in [-0.1, -0.05) is 72.3 Å². The molecule has 5 rings (SSSR count). The molecule has 0 aliphatic heterocycles. The summed E-state index contributed by atoms with van der Waals surface area (Å²) in [5, 5.41) is 13.1. The minimum absolute atomic E-state index is 0.606. The van der Waals surface area contributed by atoms with Crippen molar-refractivity contribution in [3.63, 3.8) is 0 Å². The first-order valence-electron chi connectivity index (χ1n) is 10.4. The summed E-state index contributed by atoms with van der Waals surface area (Å²) in [6, 6.07) is 26.8. The Kier molecular flexibility index (Phi) is 5.29. The molecule has 0 spiro atoms. The van der Waals surface area contributed by atoms with E-state index in [9.17, 15) is 0 Å². The van der Waals surface area contributed by atoms with Crippen LogP contribution >= 0.6 is 0 Å². The minimum Gasteiger partial charge on any atom is -0.341 e. The molecule has 0 fully saturated rings. The van der Waals surface area contributed by atoms with Crippen LogP contribution in [0.2, 0.25) is 0 Å². The van der Waals surface area contributed by atoms with Gasteiger partial charge in [-0.25, -0.2) is 4.98 Å². The second-order valence-electron chi connectivity index (χ2n) is 7.68. The number of rotatable bonds is 7. The van der Waals surface area contributed by atoms with E-state index in [-0.39, 0.29) is 0 Å². The van der Waals surface area contributed by atoms with Crippen LogP contribution < -0.4 is 5.32 Å². The zero-order chi connectivity index (χ0) is 21.0. The number of hydrogen-bond acceptors (Lipinski definition) is 4. The fourth-order valence-electron chi connectivity index (χ4n) is 3.64. The number of aromatic nitrogens is 5. The first-order chi connectivity index (χ1) is 15.2. The quantitative estimate of drug-likeness (QED) is 0.417. The Morgan fingerprint density at radius 3 is 2.42 bits per heavy atom. The first kappa shape index (κ1) is 19.2. The zero-order valence-corrected chi connectivity index (χ0v) is 17.4. The molecule has 5 aromatic rings. The third-order valence-corrected chi connectivity index (χ3v) is 5.24. The molecule has 0 aliphatic rings. The van der Waals surface area contributed by atoms with Crippen molar-refractivity contribution in [3.05, 3.63) is 102 Å². The van der Waals surface area contributed by atoms with Crippen LogP contribution in [0.5, 0.6) is 0 Å². The fraction of sp³-hybridized carbons (Fsp3) is 0.160. The van der Waals surface area contributed by atoms with Gasteiger partial charge in [-0.3, -0.25) is 0 Å². The van der Waals surface area contributed by atoms with Gasteiger partial charge < -0.3 is 10.3 Å². The average Bonchev–Trinajstić information content (AvgIpc) is 3.39. The largest absolute Gasteiger partial charge is 0.341 e. The molecule has 2 heterocycles. The highest BCUT2D eigenvalue weighted by Gasteiger charge is 2.13. The lowest BCUT2D eigenvalue weighted by atomic mass is 10.1. The maximum atomic E-state index is 4.80. The van der Waals surface area contributed by atoms with Crippen molar-refractivity contribution in [1.82, 2.24) is 30.3 Å². The molecule has 0 unspecified atom stereocenters. The van der Waals surface area contributed by atoms with E-state index in [4.69, 9.17) is 10.2 Å². The van der Waals surface area contributed by atoms with Gasteiger partial charge in [0.05, 0.1) is 24.1 Å². The summed E-state index contributed by atoms with van der Waals surface area (Å²) in [5.74, 6) is 0.912. The fourth-order valence-corrected chi connectivity index (χ4v) is 3.64. The molecule has 2 N–H and O–H groups in total. The van der Waals surface area contributed by atoms with E-state index in [1.807, 2.05) is 42.5 Å². The van der Waals surface area contributed by atoms with Crippen molar-refractivity contribution in [2.24, 2.45) is 0 Å². The van der Waals surface area contributed by atoms with Crippen LogP contribution in [0.4, 0.5) is 0 Å². The maximum Gasteiger partial charge on any atom is 0.121 e. The molecular weight excluding hydrogens is 384 g/mol. The van der Waals surface area contributed by atoms with Crippen LogP contribution in [-0.2, 0) is 19.6 Å². The van der Waals surface area contributed by atoms with Gasteiger partial charge in [-0.2, -0.15) is 15.0 Å². The Morgan fingerprint density at radius 1 is 0.839 bits per heavy atom. The van der Waals surface area contributed by atoms with Crippen LogP contribution in [0.1, 0.15) is 22.6 Å². The highest BCUT2D eigenvalue weighted by Crippen LogP contribution is 2.20. The molecule has 154 valence electrons.